The van der Waals surface area contributed by atoms with Crippen molar-refractivity contribution < 1.29 is 14.2 Å². The van der Waals surface area contributed by atoms with E-state index in [2.05, 4.69) is 6.92 Å². The van der Waals surface area contributed by atoms with Gasteiger partial charge in [-0.05, 0) is 30.7 Å². The van der Waals surface area contributed by atoms with Gasteiger partial charge in [0.05, 0.1) is 12.7 Å². The summed E-state index contributed by atoms with van der Waals surface area (Å²) in [5.74, 6) is 0.219. The van der Waals surface area contributed by atoms with E-state index in [-0.39, 0.29) is 11.7 Å². The van der Waals surface area contributed by atoms with Crippen molar-refractivity contribution in [2.75, 3.05) is 7.11 Å². The van der Waals surface area contributed by atoms with Crippen LogP contribution in [0.4, 0.5) is 4.39 Å². The number of methoxy groups -OCH3 is 1. The van der Waals surface area contributed by atoms with Gasteiger partial charge in [0, 0.05) is 5.56 Å². The molecule has 1 aliphatic carbocycles. The molecule has 0 bridgehead atoms. The fourth-order valence-electron chi connectivity index (χ4n) is 3.02. The summed E-state index contributed by atoms with van der Waals surface area (Å²) in [7, 11) is 1.44. The molecule has 0 aliphatic heterocycles. The van der Waals surface area contributed by atoms with Crippen molar-refractivity contribution >= 4 is 0 Å². The third-order valence-electron chi connectivity index (χ3n) is 4.47. The summed E-state index contributed by atoms with van der Waals surface area (Å²) in [4.78, 5) is 0. The molecule has 1 aliphatic rings. The molecule has 0 amide bonds. The Hall–Kier alpha value is -1.09. The van der Waals surface area contributed by atoms with E-state index in [9.17, 15) is 9.50 Å². The van der Waals surface area contributed by atoms with Gasteiger partial charge in [-0.15, -0.1) is 0 Å². The van der Waals surface area contributed by atoms with E-state index >= 15 is 0 Å². The lowest BCUT2D eigenvalue weighted by molar-refractivity contribution is -0.0714. The Bertz CT molecular complexity index is 433. The Morgan fingerprint density at radius 1 is 1.39 bits per heavy atom. The highest BCUT2D eigenvalue weighted by molar-refractivity contribution is 5.35. The maximum atomic E-state index is 14.3. The molecule has 1 saturated carbocycles. The van der Waals surface area contributed by atoms with Gasteiger partial charge in [-0.2, -0.15) is 0 Å². The largest absolute Gasteiger partial charge is 0.494 e. The summed E-state index contributed by atoms with van der Waals surface area (Å²) in [6.45, 7) is 4.12. The monoisotopic (exact) mass is 252 g/mol. The van der Waals surface area contributed by atoms with Crippen molar-refractivity contribution in [1.82, 2.24) is 0 Å². The highest BCUT2D eigenvalue weighted by Crippen LogP contribution is 2.46. The average molecular weight is 252 g/mol. The molecule has 18 heavy (non-hydrogen) atoms. The second-order valence-corrected chi connectivity index (χ2v) is 5.40. The van der Waals surface area contributed by atoms with Gasteiger partial charge in [-0.1, -0.05) is 32.4 Å². The zero-order valence-corrected chi connectivity index (χ0v) is 11.2. The summed E-state index contributed by atoms with van der Waals surface area (Å²) in [6, 6.07) is 4.99. The third kappa shape index (κ3) is 2.01. The minimum atomic E-state index is -1.07. The highest BCUT2D eigenvalue weighted by atomic mass is 19.1. The van der Waals surface area contributed by atoms with E-state index in [0.717, 1.165) is 12.8 Å². The number of ether oxygens (including phenoxy) is 1. The molecule has 1 N–H and O–H groups in total. The van der Waals surface area contributed by atoms with Crippen LogP contribution >= 0.6 is 0 Å². The fraction of sp³-hybridized carbons (Fsp3) is 0.600. The van der Waals surface area contributed by atoms with Gasteiger partial charge < -0.3 is 9.84 Å². The quantitative estimate of drug-likeness (QED) is 0.873. The molecule has 1 aromatic carbocycles. The molecule has 2 nitrogen and oxygen atoms in total. The van der Waals surface area contributed by atoms with E-state index in [1.54, 1.807) is 18.2 Å². The van der Waals surface area contributed by atoms with Crippen LogP contribution in [-0.2, 0) is 5.60 Å². The molecule has 3 unspecified atom stereocenters. The van der Waals surface area contributed by atoms with Crippen LogP contribution < -0.4 is 4.74 Å². The van der Waals surface area contributed by atoms with E-state index in [4.69, 9.17) is 4.74 Å². The summed E-state index contributed by atoms with van der Waals surface area (Å²) in [5, 5.41) is 10.9. The Kier molecular flexibility index (Phi) is 3.62. The number of benzene rings is 1. The van der Waals surface area contributed by atoms with Crippen LogP contribution in [0.3, 0.4) is 0 Å². The first-order valence-corrected chi connectivity index (χ1v) is 6.56. The maximum absolute atomic E-state index is 14.3. The first kappa shape index (κ1) is 13.3. The average Bonchev–Trinajstić information content (AvgIpc) is 2.36. The topological polar surface area (TPSA) is 29.5 Å². The van der Waals surface area contributed by atoms with Crippen LogP contribution in [0.2, 0.25) is 0 Å². The van der Waals surface area contributed by atoms with E-state index < -0.39 is 11.4 Å². The van der Waals surface area contributed by atoms with Gasteiger partial charge in [0.15, 0.2) is 11.6 Å². The second kappa shape index (κ2) is 4.88. The molecule has 3 heteroatoms. The second-order valence-electron chi connectivity index (χ2n) is 5.40. The molecule has 1 fully saturated rings. The van der Waals surface area contributed by atoms with Gasteiger partial charge in [0.25, 0.3) is 0 Å². The molecule has 0 saturated heterocycles. The molecule has 1 aromatic rings. The van der Waals surface area contributed by atoms with Crippen molar-refractivity contribution in [1.29, 1.82) is 0 Å². The predicted octanol–water partition coefficient (Wildman–Crippen LogP) is 3.48. The lowest BCUT2D eigenvalue weighted by Crippen LogP contribution is -2.41. The number of hydrogen-bond donors (Lipinski definition) is 1. The molecule has 0 spiro atoms. The minimum absolute atomic E-state index is 0.0489. The van der Waals surface area contributed by atoms with Gasteiger partial charge in [0.2, 0.25) is 0 Å². The van der Waals surface area contributed by atoms with Crippen molar-refractivity contribution in [2.45, 2.75) is 38.7 Å². The van der Waals surface area contributed by atoms with Crippen molar-refractivity contribution in [3.8, 4) is 5.75 Å². The summed E-state index contributed by atoms with van der Waals surface area (Å²) in [6.07, 6.45) is 2.64. The molecular formula is C15H21FO2. The summed E-state index contributed by atoms with van der Waals surface area (Å²) < 4.78 is 19.3. The zero-order chi connectivity index (χ0) is 13.3. The molecule has 0 radical (unpaired) electrons. The number of rotatable bonds is 2. The Labute approximate surface area is 108 Å². The molecular weight excluding hydrogens is 231 g/mol. The highest BCUT2D eigenvalue weighted by Gasteiger charge is 2.43. The first-order valence-electron chi connectivity index (χ1n) is 6.56. The summed E-state index contributed by atoms with van der Waals surface area (Å²) >= 11 is 0. The molecule has 0 heterocycles. The number of halogens is 1. The Morgan fingerprint density at radius 2 is 2.11 bits per heavy atom. The van der Waals surface area contributed by atoms with Crippen LogP contribution in [0.15, 0.2) is 18.2 Å². The van der Waals surface area contributed by atoms with Crippen molar-refractivity contribution in [2.24, 2.45) is 11.8 Å². The lowest BCUT2D eigenvalue weighted by Gasteiger charge is -2.42. The van der Waals surface area contributed by atoms with E-state index in [1.807, 2.05) is 6.92 Å². The first-order chi connectivity index (χ1) is 8.50. The van der Waals surface area contributed by atoms with Crippen LogP contribution in [0.25, 0.3) is 0 Å². The molecule has 100 valence electrons. The molecule has 3 atom stereocenters. The minimum Gasteiger partial charge on any atom is -0.494 e. The smallest absolute Gasteiger partial charge is 0.171 e. The van der Waals surface area contributed by atoms with Gasteiger partial charge in [-0.25, -0.2) is 4.39 Å². The normalized spacial score (nSPS) is 32.3. The molecule has 0 aromatic heterocycles. The Morgan fingerprint density at radius 3 is 2.78 bits per heavy atom. The number of hydrogen-bond acceptors (Lipinski definition) is 2. The third-order valence-corrected chi connectivity index (χ3v) is 4.47. The van der Waals surface area contributed by atoms with Gasteiger partial charge in [-0.3, -0.25) is 0 Å². The lowest BCUT2D eigenvalue weighted by atomic mass is 9.67. The van der Waals surface area contributed by atoms with Crippen molar-refractivity contribution in [3.05, 3.63) is 29.6 Å². The SMILES string of the molecule is COc1cccc(C2(O)CCCC(C)C2C)c1F. The Balaban J connectivity index is 2.46. The standard InChI is InChI=1S/C15H21FO2/c1-10-6-5-9-15(17,11(10)2)12-7-4-8-13(18-3)14(12)16/h4,7-8,10-11,17H,5-6,9H2,1-3H3. The maximum Gasteiger partial charge on any atom is 0.171 e. The van der Waals surface area contributed by atoms with Gasteiger partial charge >= 0.3 is 0 Å². The van der Waals surface area contributed by atoms with Gasteiger partial charge in [0.1, 0.15) is 0 Å². The van der Waals surface area contributed by atoms with E-state index in [0.29, 0.717) is 17.9 Å². The fourth-order valence-corrected chi connectivity index (χ4v) is 3.02. The van der Waals surface area contributed by atoms with E-state index in [1.165, 1.54) is 7.11 Å². The predicted molar refractivity (Wildman–Crippen MR) is 69.0 cm³/mol. The van der Waals surface area contributed by atoms with Crippen LogP contribution in [0.5, 0.6) is 5.75 Å². The van der Waals surface area contributed by atoms with Crippen LogP contribution in [0.1, 0.15) is 38.7 Å². The number of aliphatic hydroxyl groups is 1. The van der Waals surface area contributed by atoms with Crippen LogP contribution in [-0.4, -0.2) is 12.2 Å². The molecule has 2 rings (SSSR count). The summed E-state index contributed by atoms with van der Waals surface area (Å²) in [5.41, 5.74) is -0.697. The zero-order valence-electron chi connectivity index (χ0n) is 11.2. The van der Waals surface area contributed by atoms with Crippen LogP contribution in [0, 0.1) is 17.7 Å². The van der Waals surface area contributed by atoms with Crippen molar-refractivity contribution in [3.63, 3.8) is 0 Å².